The van der Waals surface area contributed by atoms with Gasteiger partial charge in [-0.2, -0.15) is 0 Å². The second-order valence-corrected chi connectivity index (χ2v) is 8.54. The average Bonchev–Trinajstić information content (AvgIpc) is 3.09. The fourth-order valence-corrected chi connectivity index (χ4v) is 3.92. The van der Waals surface area contributed by atoms with E-state index in [0.29, 0.717) is 22.0 Å². The van der Waals surface area contributed by atoms with Crippen LogP contribution in [-0.4, -0.2) is 38.4 Å². The minimum atomic E-state index is -0.568. The minimum absolute atomic E-state index is 0.149. The maximum Gasteiger partial charge on any atom is 0.294 e. The summed E-state index contributed by atoms with van der Waals surface area (Å²) in [5.41, 5.74) is 0.974. The number of nitrogens with one attached hydrogen (secondary N) is 1. The number of rotatable bonds is 7. The van der Waals surface area contributed by atoms with Gasteiger partial charge >= 0.3 is 0 Å². The molecular weight excluding hydrogens is 496 g/mol. The molecule has 1 N–H and O–H groups in total. The number of carbonyl (C=O) groups is 3. The van der Waals surface area contributed by atoms with Crippen LogP contribution in [0.25, 0.3) is 6.08 Å². The van der Waals surface area contributed by atoms with E-state index in [2.05, 4.69) is 10.3 Å². The third-order valence-corrected chi connectivity index (χ3v) is 5.79. The summed E-state index contributed by atoms with van der Waals surface area (Å²) < 4.78 is 5.55. The van der Waals surface area contributed by atoms with Gasteiger partial charge in [-0.25, -0.2) is 4.98 Å². The summed E-state index contributed by atoms with van der Waals surface area (Å²) in [6, 6.07) is 15.7. The second-order valence-electron chi connectivity index (χ2n) is 7.11. The van der Waals surface area contributed by atoms with Gasteiger partial charge in [0.15, 0.2) is 0 Å². The summed E-state index contributed by atoms with van der Waals surface area (Å²) >= 11 is 6.56. The number of anilines is 1. The Kier molecular flexibility index (Phi) is 7.09. The molecule has 1 aliphatic heterocycles. The van der Waals surface area contributed by atoms with E-state index in [1.165, 1.54) is 18.2 Å². The molecular formula is C23H15ClN4O6S. The van der Waals surface area contributed by atoms with Crippen molar-refractivity contribution in [1.29, 1.82) is 0 Å². The summed E-state index contributed by atoms with van der Waals surface area (Å²) in [6.45, 7) is -0.417. The first-order valence-corrected chi connectivity index (χ1v) is 11.2. The van der Waals surface area contributed by atoms with Crippen LogP contribution in [0.15, 0.2) is 71.8 Å². The number of amides is 3. The number of carbonyl (C=O) groups excluding carboxylic acids is 3. The fraction of sp³-hybridized carbons (Fsp3) is 0.0435. The van der Waals surface area contributed by atoms with Crippen LogP contribution in [0.5, 0.6) is 11.6 Å². The molecule has 3 aromatic rings. The number of thioether (sulfide) groups is 1. The molecule has 2 aromatic carbocycles. The number of pyridine rings is 1. The molecule has 1 aromatic heterocycles. The predicted octanol–water partition coefficient (Wildman–Crippen LogP) is 5.11. The second kappa shape index (κ2) is 10.4. The topological polar surface area (TPSA) is 132 Å². The zero-order valence-electron chi connectivity index (χ0n) is 17.7. The van der Waals surface area contributed by atoms with E-state index in [4.69, 9.17) is 16.3 Å². The lowest BCUT2D eigenvalue weighted by Gasteiger charge is -2.12. The van der Waals surface area contributed by atoms with Crippen LogP contribution in [0, 0.1) is 10.1 Å². The molecule has 1 fully saturated rings. The van der Waals surface area contributed by atoms with Crippen LogP contribution >= 0.6 is 23.4 Å². The molecule has 0 radical (unpaired) electrons. The Labute approximate surface area is 207 Å². The standard InChI is InChI=1S/C23H15ClN4O6S/c24-15-3-5-16(6-4-15)26-20(29)13-27-22(30)19(35-23(27)31)11-14-1-8-18(9-2-14)34-21-10-7-17(12-25-21)28(32)33/h1-12H,13H2,(H,26,29)/b19-11-. The first-order chi connectivity index (χ1) is 16.8. The van der Waals surface area contributed by atoms with Crippen molar-refractivity contribution in [3.63, 3.8) is 0 Å². The minimum Gasteiger partial charge on any atom is -0.439 e. The van der Waals surface area contributed by atoms with E-state index < -0.39 is 28.5 Å². The molecule has 176 valence electrons. The highest BCUT2D eigenvalue weighted by molar-refractivity contribution is 8.18. The Morgan fingerprint density at radius 1 is 1.11 bits per heavy atom. The molecule has 0 spiro atoms. The Morgan fingerprint density at radius 3 is 2.46 bits per heavy atom. The normalized spacial score (nSPS) is 14.3. The number of hydrogen-bond donors (Lipinski definition) is 1. The molecule has 0 saturated carbocycles. The lowest BCUT2D eigenvalue weighted by Crippen LogP contribution is -2.36. The van der Waals surface area contributed by atoms with Crippen LogP contribution in [0.4, 0.5) is 16.2 Å². The van der Waals surface area contributed by atoms with Gasteiger partial charge in [-0.05, 0) is 59.8 Å². The molecule has 0 atom stereocenters. The number of ether oxygens (including phenoxy) is 1. The van der Waals surface area contributed by atoms with Gasteiger partial charge in [-0.1, -0.05) is 23.7 Å². The summed E-state index contributed by atoms with van der Waals surface area (Å²) in [7, 11) is 0. The molecule has 1 aliphatic rings. The zero-order chi connectivity index (χ0) is 24.9. The Hall–Kier alpha value is -4.22. The Bertz CT molecular complexity index is 1330. The number of halogens is 1. The fourth-order valence-electron chi connectivity index (χ4n) is 2.96. The zero-order valence-corrected chi connectivity index (χ0v) is 19.3. The van der Waals surface area contributed by atoms with Gasteiger partial charge < -0.3 is 10.1 Å². The van der Waals surface area contributed by atoms with Crippen molar-refractivity contribution < 1.29 is 24.0 Å². The van der Waals surface area contributed by atoms with Crippen molar-refractivity contribution in [2.24, 2.45) is 0 Å². The lowest BCUT2D eigenvalue weighted by atomic mass is 10.2. The van der Waals surface area contributed by atoms with E-state index in [-0.39, 0.29) is 16.5 Å². The molecule has 1 saturated heterocycles. The maximum atomic E-state index is 12.7. The van der Waals surface area contributed by atoms with Crippen LogP contribution < -0.4 is 10.1 Å². The van der Waals surface area contributed by atoms with Gasteiger partial charge in [0.1, 0.15) is 18.5 Å². The first kappa shape index (κ1) is 23.9. The number of aromatic nitrogens is 1. The lowest BCUT2D eigenvalue weighted by molar-refractivity contribution is -0.385. The third-order valence-electron chi connectivity index (χ3n) is 4.64. The van der Waals surface area contributed by atoms with E-state index in [1.54, 1.807) is 48.5 Å². The van der Waals surface area contributed by atoms with Gasteiger partial charge in [0.05, 0.1) is 9.83 Å². The van der Waals surface area contributed by atoms with Crippen molar-refractivity contribution >= 4 is 57.9 Å². The smallest absolute Gasteiger partial charge is 0.294 e. The van der Waals surface area contributed by atoms with Crippen molar-refractivity contribution in [3.05, 3.63) is 92.5 Å². The van der Waals surface area contributed by atoms with Crippen LogP contribution in [0.1, 0.15) is 5.56 Å². The number of nitrogens with zero attached hydrogens (tertiary/aromatic N) is 3. The highest BCUT2D eigenvalue weighted by Gasteiger charge is 2.36. The molecule has 12 heteroatoms. The highest BCUT2D eigenvalue weighted by atomic mass is 35.5. The SMILES string of the molecule is O=C(CN1C(=O)S/C(=C\c2ccc(Oc3ccc([N+](=O)[O-])cn3)cc2)C1=O)Nc1ccc(Cl)cc1. The van der Waals surface area contributed by atoms with Crippen molar-refractivity contribution in [2.75, 3.05) is 11.9 Å². The van der Waals surface area contributed by atoms with Gasteiger partial charge in [0, 0.05) is 22.8 Å². The molecule has 0 unspecified atom stereocenters. The third kappa shape index (κ3) is 6.02. The summed E-state index contributed by atoms with van der Waals surface area (Å²) in [4.78, 5) is 52.3. The van der Waals surface area contributed by atoms with Crippen LogP contribution in [-0.2, 0) is 9.59 Å². The van der Waals surface area contributed by atoms with E-state index in [0.717, 1.165) is 22.9 Å². The molecule has 10 nitrogen and oxygen atoms in total. The monoisotopic (exact) mass is 510 g/mol. The predicted molar refractivity (Wildman–Crippen MR) is 130 cm³/mol. The largest absolute Gasteiger partial charge is 0.439 e. The summed E-state index contributed by atoms with van der Waals surface area (Å²) in [5, 5.41) is 13.3. The highest BCUT2D eigenvalue weighted by Crippen LogP contribution is 2.32. The van der Waals surface area contributed by atoms with Gasteiger partial charge in [0.2, 0.25) is 11.8 Å². The van der Waals surface area contributed by atoms with Crippen molar-refractivity contribution in [1.82, 2.24) is 9.88 Å². The molecule has 2 heterocycles. The number of hydrogen-bond acceptors (Lipinski definition) is 8. The first-order valence-electron chi connectivity index (χ1n) is 9.97. The number of imide groups is 1. The molecule has 4 rings (SSSR count). The quantitative estimate of drug-likeness (QED) is 0.263. The van der Waals surface area contributed by atoms with E-state index in [1.807, 2.05) is 0 Å². The van der Waals surface area contributed by atoms with Crippen molar-refractivity contribution in [3.8, 4) is 11.6 Å². The molecule has 0 aliphatic carbocycles. The van der Waals surface area contributed by atoms with Gasteiger partial charge in [-0.3, -0.25) is 29.4 Å². The van der Waals surface area contributed by atoms with Gasteiger partial charge in [0.25, 0.3) is 16.8 Å². The Balaban J connectivity index is 1.38. The van der Waals surface area contributed by atoms with Crippen molar-refractivity contribution in [2.45, 2.75) is 0 Å². The number of nitro groups is 1. The average molecular weight is 511 g/mol. The number of benzene rings is 2. The Morgan fingerprint density at radius 2 is 1.83 bits per heavy atom. The summed E-state index contributed by atoms with van der Waals surface area (Å²) in [5.74, 6) is -0.476. The maximum absolute atomic E-state index is 12.7. The van der Waals surface area contributed by atoms with E-state index >= 15 is 0 Å². The van der Waals surface area contributed by atoms with Crippen LogP contribution in [0.3, 0.4) is 0 Å². The van der Waals surface area contributed by atoms with Crippen LogP contribution in [0.2, 0.25) is 5.02 Å². The summed E-state index contributed by atoms with van der Waals surface area (Å²) in [6.07, 6.45) is 2.63. The molecule has 0 bridgehead atoms. The molecule has 3 amide bonds. The molecule has 35 heavy (non-hydrogen) atoms. The van der Waals surface area contributed by atoms with E-state index in [9.17, 15) is 24.5 Å². The van der Waals surface area contributed by atoms with Gasteiger partial charge in [-0.15, -0.1) is 0 Å².